The molecule has 3 aromatic heterocycles. The Balaban J connectivity index is 1.75. The molecule has 1 unspecified atom stereocenters. The number of aryl methyl sites for hydroxylation is 1. The smallest absolute Gasteiger partial charge is 0.246 e. The van der Waals surface area contributed by atoms with Gasteiger partial charge in [-0.2, -0.15) is 0 Å². The van der Waals surface area contributed by atoms with Crippen molar-refractivity contribution >= 4 is 33.8 Å². The number of hydrogen-bond donors (Lipinski definition) is 3. The summed E-state index contributed by atoms with van der Waals surface area (Å²) in [5.74, 6) is 0.600. The number of fused-ring (bicyclic) bond motifs is 3. The van der Waals surface area contributed by atoms with Crippen LogP contribution in [0.25, 0.3) is 33.3 Å². The van der Waals surface area contributed by atoms with Crippen LogP contribution in [0.3, 0.4) is 0 Å². The lowest BCUT2D eigenvalue weighted by Crippen LogP contribution is -2.29. The Hall–Kier alpha value is -3.39. The Morgan fingerprint density at radius 2 is 2.17 bits per heavy atom. The van der Waals surface area contributed by atoms with E-state index in [0.29, 0.717) is 0 Å². The molecule has 1 atom stereocenters. The number of carbonyl (C=O) groups excluding carboxylic acids is 1. The molecule has 0 spiro atoms. The predicted molar refractivity (Wildman–Crippen MR) is 114 cm³/mol. The highest BCUT2D eigenvalue weighted by molar-refractivity contribution is 6.07. The van der Waals surface area contributed by atoms with E-state index in [2.05, 4.69) is 37.7 Å². The third-order valence-corrected chi connectivity index (χ3v) is 5.02. The van der Waals surface area contributed by atoms with E-state index in [4.69, 9.17) is 4.74 Å². The maximum atomic E-state index is 11.8. The predicted octanol–water partition coefficient (Wildman–Crippen LogP) is 2.98. The second kappa shape index (κ2) is 7.56. The SMILES string of the molecule is CNc1nc2[nH]c(-c3cccc(C(C)NC(=O)COC)c3)cc2c2c1ncn2C. The molecule has 4 aromatic rings. The van der Waals surface area contributed by atoms with Crippen LogP contribution in [0.15, 0.2) is 36.7 Å². The molecule has 0 saturated carbocycles. The molecule has 0 aliphatic carbocycles. The van der Waals surface area contributed by atoms with Gasteiger partial charge in [0, 0.05) is 32.3 Å². The number of methoxy groups -OCH3 is 1. The summed E-state index contributed by atoms with van der Waals surface area (Å²) >= 11 is 0. The van der Waals surface area contributed by atoms with E-state index in [1.54, 1.807) is 6.33 Å². The number of carbonyl (C=O) groups is 1. The fourth-order valence-corrected chi connectivity index (χ4v) is 3.60. The first-order valence-electron chi connectivity index (χ1n) is 9.42. The van der Waals surface area contributed by atoms with E-state index >= 15 is 0 Å². The molecule has 0 bridgehead atoms. The molecule has 8 heteroatoms. The van der Waals surface area contributed by atoms with Gasteiger partial charge in [0.25, 0.3) is 0 Å². The normalized spacial score (nSPS) is 12.4. The van der Waals surface area contributed by atoms with Gasteiger partial charge in [-0.05, 0) is 30.2 Å². The maximum absolute atomic E-state index is 11.8. The minimum absolute atomic E-state index is 0.0478. The molecular formula is C21H24N6O2. The van der Waals surface area contributed by atoms with Crippen LogP contribution >= 0.6 is 0 Å². The molecule has 1 amide bonds. The van der Waals surface area contributed by atoms with E-state index < -0.39 is 0 Å². The van der Waals surface area contributed by atoms with Gasteiger partial charge in [-0.1, -0.05) is 18.2 Å². The Labute approximate surface area is 168 Å². The first-order valence-corrected chi connectivity index (χ1v) is 9.42. The summed E-state index contributed by atoms with van der Waals surface area (Å²) in [7, 11) is 5.33. The lowest BCUT2D eigenvalue weighted by molar-refractivity contribution is -0.125. The molecule has 0 aliphatic heterocycles. The summed E-state index contributed by atoms with van der Waals surface area (Å²) in [6.07, 6.45) is 1.80. The molecule has 0 saturated heterocycles. The first-order chi connectivity index (χ1) is 14.0. The lowest BCUT2D eigenvalue weighted by atomic mass is 10.0. The van der Waals surface area contributed by atoms with Crippen molar-refractivity contribution in [2.24, 2.45) is 7.05 Å². The van der Waals surface area contributed by atoms with Crippen molar-refractivity contribution in [3.8, 4) is 11.3 Å². The van der Waals surface area contributed by atoms with E-state index in [-0.39, 0.29) is 18.6 Å². The van der Waals surface area contributed by atoms with Crippen LogP contribution in [0.1, 0.15) is 18.5 Å². The van der Waals surface area contributed by atoms with Crippen LogP contribution in [0, 0.1) is 0 Å². The molecule has 0 radical (unpaired) electrons. The van der Waals surface area contributed by atoms with Crippen molar-refractivity contribution in [1.82, 2.24) is 24.8 Å². The summed E-state index contributed by atoms with van der Waals surface area (Å²) in [6.45, 7) is 2.00. The van der Waals surface area contributed by atoms with Crippen LogP contribution in [0.5, 0.6) is 0 Å². The Morgan fingerprint density at radius 3 is 2.93 bits per heavy atom. The molecule has 4 rings (SSSR count). The van der Waals surface area contributed by atoms with Gasteiger partial charge in [0.15, 0.2) is 5.82 Å². The zero-order chi connectivity index (χ0) is 20.5. The number of rotatable bonds is 6. The highest BCUT2D eigenvalue weighted by Gasteiger charge is 2.16. The zero-order valence-corrected chi connectivity index (χ0v) is 16.9. The van der Waals surface area contributed by atoms with E-state index in [1.807, 2.05) is 43.8 Å². The number of nitrogens with zero attached hydrogens (tertiary/aromatic N) is 3. The van der Waals surface area contributed by atoms with Crippen LogP contribution in [-0.2, 0) is 16.6 Å². The number of imidazole rings is 1. The highest BCUT2D eigenvalue weighted by Crippen LogP contribution is 2.32. The monoisotopic (exact) mass is 392 g/mol. The minimum atomic E-state index is -0.140. The summed E-state index contributed by atoms with van der Waals surface area (Å²) in [4.78, 5) is 24.4. The topological polar surface area (TPSA) is 96.9 Å². The average Bonchev–Trinajstić information content (AvgIpc) is 3.31. The second-order valence-electron chi connectivity index (χ2n) is 7.06. The molecule has 150 valence electrons. The molecule has 3 N–H and O–H groups in total. The van der Waals surface area contributed by atoms with Gasteiger partial charge in [-0.15, -0.1) is 0 Å². The van der Waals surface area contributed by atoms with E-state index in [9.17, 15) is 4.79 Å². The summed E-state index contributed by atoms with van der Waals surface area (Å²) in [6, 6.07) is 10.1. The highest BCUT2D eigenvalue weighted by atomic mass is 16.5. The van der Waals surface area contributed by atoms with E-state index in [1.165, 1.54) is 7.11 Å². The number of pyridine rings is 1. The molecule has 1 aromatic carbocycles. The number of anilines is 1. The second-order valence-corrected chi connectivity index (χ2v) is 7.06. The van der Waals surface area contributed by atoms with Crippen molar-refractivity contribution in [3.05, 3.63) is 42.2 Å². The number of ether oxygens (including phenoxy) is 1. The van der Waals surface area contributed by atoms with Crippen LogP contribution in [-0.4, -0.2) is 46.2 Å². The number of aromatic amines is 1. The van der Waals surface area contributed by atoms with Gasteiger partial charge in [-0.25, -0.2) is 9.97 Å². The summed E-state index contributed by atoms with van der Waals surface area (Å²) in [5, 5.41) is 7.07. The zero-order valence-electron chi connectivity index (χ0n) is 16.9. The van der Waals surface area contributed by atoms with Crippen molar-refractivity contribution in [2.75, 3.05) is 26.1 Å². The number of hydrogen-bond acceptors (Lipinski definition) is 5. The number of amides is 1. The maximum Gasteiger partial charge on any atom is 0.246 e. The Bertz CT molecular complexity index is 1190. The quantitative estimate of drug-likeness (QED) is 0.469. The van der Waals surface area contributed by atoms with Gasteiger partial charge in [-0.3, -0.25) is 4.79 Å². The summed E-state index contributed by atoms with van der Waals surface area (Å²) in [5.41, 5.74) is 5.66. The van der Waals surface area contributed by atoms with Gasteiger partial charge in [0.1, 0.15) is 17.8 Å². The average molecular weight is 392 g/mol. The number of aromatic nitrogens is 4. The van der Waals surface area contributed by atoms with Crippen LogP contribution in [0.2, 0.25) is 0 Å². The fourth-order valence-electron chi connectivity index (χ4n) is 3.60. The lowest BCUT2D eigenvalue weighted by Gasteiger charge is -2.15. The summed E-state index contributed by atoms with van der Waals surface area (Å²) < 4.78 is 6.89. The number of benzene rings is 1. The van der Waals surface area contributed by atoms with Crippen molar-refractivity contribution in [2.45, 2.75) is 13.0 Å². The molecule has 29 heavy (non-hydrogen) atoms. The first kappa shape index (κ1) is 18.9. The van der Waals surface area contributed by atoms with Crippen LogP contribution in [0.4, 0.5) is 5.82 Å². The van der Waals surface area contributed by atoms with Gasteiger partial charge < -0.3 is 24.9 Å². The van der Waals surface area contributed by atoms with Crippen molar-refractivity contribution in [3.63, 3.8) is 0 Å². The Morgan fingerprint density at radius 1 is 1.34 bits per heavy atom. The van der Waals surface area contributed by atoms with Gasteiger partial charge in [0.2, 0.25) is 5.91 Å². The van der Waals surface area contributed by atoms with E-state index in [0.717, 1.165) is 44.7 Å². The van der Waals surface area contributed by atoms with Gasteiger partial charge in [0.05, 0.1) is 17.9 Å². The van der Waals surface area contributed by atoms with Crippen molar-refractivity contribution < 1.29 is 9.53 Å². The fraction of sp³-hybridized carbons (Fsp3) is 0.286. The molecule has 0 fully saturated rings. The minimum Gasteiger partial charge on any atom is -0.375 e. The van der Waals surface area contributed by atoms with Gasteiger partial charge >= 0.3 is 0 Å². The third kappa shape index (κ3) is 3.42. The standard InChI is InChI=1S/C21H24N6O2/c1-12(24-17(28)10-29-4)13-6-5-7-14(8-13)16-9-15-19-18(23-11-27(19)3)21(22-2)26-20(15)25-16/h5-9,11-12H,10H2,1-4H3,(H,24,28)(H2,22,25,26). The number of nitrogens with one attached hydrogen (secondary N) is 3. The molecule has 0 aliphatic rings. The largest absolute Gasteiger partial charge is 0.375 e. The molecule has 3 heterocycles. The van der Waals surface area contributed by atoms with Crippen LogP contribution < -0.4 is 10.6 Å². The molecule has 8 nitrogen and oxygen atoms in total. The third-order valence-electron chi connectivity index (χ3n) is 5.02. The van der Waals surface area contributed by atoms with Crippen molar-refractivity contribution in [1.29, 1.82) is 0 Å². The Kier molecular flexibility index (Phi) is 4.94. The number of H-pyrrole nitrogens is 1. The molecular weight excluding hydrogens is 368 g/mol.